The van der Waals surface area contributed by atoms with Gasteiger partial charge in [0.2, 0.25) is 0 Å². The van der Waals surface area contributed by atoms with Crippen LogP contribution in [0, 0.1) is 0 Å². The van der Waals surface area contributed by atoms with Crippen LogP contribution in [0.4, 0.5) is 4.39 Å². The normalized spacial score (nSPS) is 12.1. The fraction of sp³-hybridized carbons (Fsp3) is 0.111. The zero-order valence-corrected chi connectivity index (χ0v) is 18.0. The molecule has 5 rings (SSSR count). The Morgan fingerprint density at radius 3 is 2.70 bits per heavy atom. The van der Waals surface area contributed by atoms with Crippen molar-refractivity contribution in [3.63, 3.8) is 0 Å². The summed E-state index contributed by atoms with van der Waals surface area (Å²) in [7, 11) is 1.66. The number of benzene rings is 2. The summed E-state index contributed by atoms with van der Waals surface area (Å²) in [6.45, 7) is -0.681. The summed E-state index contributed by atoms with van der Waals surface area (Å²) in [6, 6.07) is 20.8. The highest BCUT2D eigenvalue weighted by molar-refractivity contribution is 5.97. The number of hydrogen-bond donors (Lipinski definition) is 2. The predicted molar refractivity (Wildman–Crippen MR) is 127 cm³/mol. The van der Waals surface area contributed by atoms with E-state index in [-0.39, 0.29) is 0 Å². The van der Waals surface area contributed by atoms with Crippen molar-refractivity contribution in [3.05, 3.63) is 102 Å². The third-order valence-electron chi connectivity index (χ3n) is 5.79. The highest BCUT2D eigenvalue weighted by Gasteiger charge is 2.17. The molecule has 5 aromatic rings. The van der Waals surface area contributed by atoms with Gasteiger partial charge < -0.3 is 14.8 Å². The second kappa shape index (κ2) is 8.84. The van der Waals surface area contributed by atoms with Crippen molar-refractivity contribution in [1.82, 2.24) is 15.0 Å². The molecular weight excluding hydrogens is 417 g/mol. The predicted octanol–water partition coefficient (Wildman–Crippen LogP) is 5.85. The number of methoxy groups -OCH3 is 1. The average Bonchev–Trinajstić information content (AvgIpc) is 3.31. The van der Waals surface area contributed by atoms with Gasteiger partial charge in [0.25, 0.3) is 0 Å². The number of halogens is 1. The first-order valence-corrected chi connectivity index (χ1v) is 10.6. The topological polar surface area (TPSA) is 71.0 Å². The van der Waals surface area contributed by atoms with E-state index < -0.39 is 12.8 Å². The molecule has 0 spiro atoms. The van der Waals surface area contributed by atoms with Crippen LogP contribution in [0.5, 0.6) is 5.75 Å². The molecule has 0 aliphatic heterocycles. The molecule has 0 aliphatic rings. The van der Waals surface area contributed by atoms with Crippen LogP contribution in [0.15, 0.2) is 85.3 Å². The van der Waals surface area contributed by atoms with Crippen LogP contribution >= 0.6 is 0 Å². The average molecular weight is 439 g/mol. The number of aromatic amines is 1. The van der Waals surface area contributed by atoms with E-state index in [9.17, 15) is 9.50 Å². The van der Waals surface area contributed by atoms with Gasteiger partial charge in [0.1, 0.15) is 24.2 Å². The van der Waals surface area contributed by atoms with E-state index in [1.807, 2.05) is 54.7 Å². The van der Waals surface area contributed by atoms with Crippen LogP contribution < -0.4 is 4.74 Å². The molecule has 0 bridgehead atoms. The Kier molecular flexibility index (Phi) is 5.59. The first-order valence-electron chi connectivity index (χ1n) is 10.6. The molecular formula is C27H22FN3O2. The van der Waals surface area contributed by atoms with Crippen molar-refractivity contribution in [1.29, 1.82) is 0 Å². The van der Waals surface area contributed by atoms with Gasteiger partial charge in [0, 0.05) is 46.2 Å². The van der Waals surface area contributed by atoms with Crippen LogP contribution in [-0.4, -0.2) is 27.2 Å². The highest BCUT2D eigenvalue weighted by atomic mass is 19.1. The Labute approximate surface area is 190 Å². The van der Waals surface area contributed by atoms with Gasteiger partial charge in [0.05, 0.1) is 12.8 Å². The maximum atomic E-state index is 13.4. The van der Waals surface area contributed by atoms with Gasteiger partial charge in [-0.2, -0.15) is 0 Å². The standard InChI is InChI=1S/C27H22FN3O2/c1-33-24-10-3-2-9-21(24)23-16-31-27-22(23)13-20(15-30-27)17-6-4-7-18(12-17)26(32)25-19(14-28)8-5-11-29-25/h2-13,15-16,26,32H,14H2,1H3,(H,30,31). The van der Waals surface area contributed by atoms with Crippen molar-refractivity contribution in [2.75, 3.05) is 7.11 Å². The first-order chi connectivity index (χ1) is 16.2. The summed E-state index contributed by atoms with van der Waals surface area (Å²) >= 11 is 0. The van der Waals surface area contributed by atoms with Crippen molar-refractivity contribution in [3.8, 4) is 28.0 Å². The quantitative estimate of drug-likeness (QED) is 0.348. The lowest BCUT2D eigenvalue weighted by molar-refractivity contribution is 0.213. The molecule has 0 fully saturated rings. The molecule has 1 atom stereocenters. The lowest BCUT2D eigenvalue weighted by Crippen LogP contribution is -2.06. The molecule has 0 aliphatic carbocycles. The van der Waals surface area contributed by atoms with Gasteiger partial charge in [-0.25, -0.2) is 9.37 Å². The minimum atomic E-state index is -1.02. The van der Waals surface area contributed by atoms with E-state index in [4.69, 9.17) is 4.74 Å². The fourth-order valence-electron chi connectivity index (χ4n) is 4.11. The summed E-state index contributed by atoms with van der Waals surface area (Å²) in [5, 5.41) is 11.9. The van der Waals surface area contributed by atoms with Gasteiger partial charge in [-0.15, -0.1) is 0 Å². The Morgan fingerprint density at radius 2 is 1.85 bits per heavy atom. The molecule has 3 heterocycles. The summed E-state index contributed by atoms with van der Waals surface area (Å²) in [4.78, 5) is 12.0. The summed E-state index contributed by atoms with van der Waals surface area (Å²) in [6.07, 6.45) is 4.26. The van der Waals surface area contributed by atoms with E-state index in [1.165, 1.54) is 0 Å². The number of rotatable bonds is 6. The van der Waals surface area contributed by atoms with Crippen molar-refractivity contribution in [2.24, 2.45) is 0 Å². The van der Waals surface area contributed by atoms with E-state index in [0.717, 1.165) is 39.0 Å². The molecule has 2 N–H and O–H groups in total. The number of pyridine rings is 2. The number of aliphatic hydroxyl groups excluding tert-OH is 1. The molecule has 5 nitrogen and oxygen atoms in total. The largest absolute Gasteiger partial charge is 0.496 e. The van der Waals surface area contributed by atoms with Crippen molar-refractivity contribution < 1.29 is 14.2 Å². The Morgan fingerprint density at radius 1 is 0.970 bits per heavy atom. The molecule has 164 valence electrons. The number of alkyl halides is 1. The number of fused-ring (bicyclic) bond motifs is 1. The van der Waals surface area contributed by atoms with Crippen LogP contribution in [0.3, 0.4) is 0 Å². The van der Waals surface area contributed by atoms with Gasteiger partial charge in [-0.1, -0.05) is 42.5 Å². The highest BCUT2D eigenvalue weighted by Crippen LogP contribution is 2.36. The molecule has 3 aromatic heterocycles. The number of nitrogens with one attached hydrogen (secondary N) is 1. The van der Waals surface area contributed by atoms with E-state index in [0.29, 0.717) is 16.8 Å². The summed E-state index contributed by atoms with van der Waals surface area (Å²) in [5.41, 5.74) is 5.89. The molecule has 0 amide bonds. The van der Waals surface area contributed by atoms with Gasteiger partial charge in [-0.3, -0.25) is 4.98 Å². The zero-order chi connectivity index (χ0) is 22.8. The third-order valence-corrected chi connectivity index (χ3v) is 5.79. The number of aliphatic hydroxyl groups is 1. The SMILES string of the molecule is COc1ccccc1-c1c[nH]c2ncc(-c3cccc(C(O)c4ncccc4CF)c3)cc12. The lowest BCUT2D eigenvalue weighted by atomic mass is 9.97. The Balaban J connectivity index is 1.56. The third kappa shape index (κ3) is 3.85. The van der Waals surface area contributed by atoms with Crippen LogP contribution in [0.2, 0.25) is 0 Å². The van der Waals surface area contributed by atoms with Gasteiger partial charge >= 0.3 is 0 Å². The maximum Gasteiger partial charge on any atom is 0.137 e. The summed E-state index contributed by atoms with van der Waals surface area (Å²) in [5.74, 6) is 0.785. The molecule has 1 unspecified atom stereocenters. The zero-order valence-electron chi connectivity index (χ0n) is 18.0. The Hall–Kier alpha value is -4.03. The Bertz CT molecular complexity index is 1430. The fourth-order valence-corrected chi connectivity index (χ4v) is 4.11. The van der Waals surface area contributed by atoms with E-state index in [1.54, 1.807) is 31.6 Å². The molecule has 0 radical (unpaired) electrons. The number of hydrogen-bond acceptors (Lipinski definition) is 4. The molecule has 6 heteroatoms. The number of aromatic nitrogens is 3. The monoisotopic (exact) mass is 439 g/mol. The van der Waals surface area contributed by atoms with E-state index in [2.05, 4.69) is 21.0 Å². The number of ether oxygens (including phenoxy) is 1. The second-order valence-corrected chi connectivity index (χ2v) is 7.73. The van der Waals surface area contributed by atoms with Crippen LogP contribution in [-0.2, 0) is 6.67 Å². The lowest BCUT2D eigenvalue weighted by Gasteiger charge is -2.14. The minimum Gasteiger partial charge on any atom is -0.496 e. The second-order valence-electron chi connectivity index (χ2n) is 7.73. The maximum absolute atomic E-state index is 13.4. The van der Waals surface area contributed by atoms with Crippen LogP contribution in [0.1, 0.15) is 22.9 Å². The molecule has 0 saturated carbocycles. The molecule has 0 saturated heterocycles. The van der Waals surface area contributed by atoms with Gasteiger partial charge in [-0.05, 0) is 35.4 Å². The van der Waals surface area contributed by atoms with E-state index >= 15 is 0 Å². The molecule has 2 aromatic carbocycles. The van der Waals surface area contributed by atoms with Crippen molar-refractivity contribution >= 4 is 11.0 Å². The van der Waals surface area contributed by atoms with Gasteiger partial charge in [0.15, 0.2) is 0 Å². The minimum absolute atomic E-state index is 0.329. The summed E-state index contributed by atoms with van der Waals surface area (Å²) < 4.78 is 18.9. The number of nitrogens with zero attached hydrogens (tertiary/aromatic N) is 2. The van der Waals surface area contributed by atoms with Crippen molar-refractivity contribution in [2.45, 2.75) is 12.8 Å². The number of H-pyrrole nitrogens is 1. The smallest absolute Gasteiger partial charge is 0.137 e. The number of para-hydroxylation sites is 1. The first kappa shape index (κ1) is 20.8. The van der Waals surface area contributed by atoms with Crippen LogP contribution in [0.25, 0.3) is 33.3 Å². The molecule has 33 heavy (non-hydrogen) atoms.